The van der Waals surface area contributed by atoms with E-state index in [1.165, 1.54) is 12.8 Å². The number of Topliss-reactive ketones (excluding diaryl/α,β-unsaturated/α-hetero) is 1. The third-order valence-corrected chi connectivity index (χ3v) is 6.90. The average molecular weight is 577 g/mol. The second-order valence-electron chi connectivity index (χ2n) is 11.3. The van der Waals surface area contributed by atoms with Crippen molar-refractivity contribution < 1.29 is 37.8 Å². The number of aromatic nitrogens is 1. The van der Waals surface area contributed by atoms with Gasteiger partial charge in [-0.3, -0.25) is 15.0 Å². The number of nitrogens with zero attached hydrogens (tertiary/aromatic N) is 3. The molecule has 1 aliphatic carbocycles. The number of aliphatic carboxylic acids is 2. The van der Waals surface area contributed by atoms with Gasteiger partial charge in [-0.25, -0.2) is 9.78 Å². The Bertz CT molecular complexity index is 1330. The van der Waals surface area contributed by atoms with Crippen LogP contribution in [0.15, 0.2) is 30.3 Å². The number of hydrogen-bond acceptors (Lipinski definition) is 6. The number of nitrogens with one attached hydrogen (secondary N) is 1. The van der Waals surface area contributed by atoms with Gasteiger partial charge in [-0.2, -0.15) is 13.2 Å². The van der Waals surface area contributed by atoms with Gasteiger partial charge in [0.2, 0.25) is 0 Å². The number of pyridine rings is 1. The van der Waals surface area contributed by atoms with Crippen molar-refractivity contribution in [3.63, 3.8) is 0 Å². The SMILES string of the molecule is CN(CCCC(=O)O)c1ccc(C(=O)CN2Cc3ccc(C4CC4)nc3C2=N)cc1C(C)(C)C.O=C(O)C(F)(F)F. The minimum absolute atomic E-state index is 0.0226. The highest BCUT2D eigenvalue weighted by Crippen LogP contribution is 2.40. The third kappa shape index (κ3) is 8.27. The zero-order valence-corrected chi connectivity index (χ0v) is 23.5. The molecule has 4 rings (SSSR count). The monoisotopic (exact) mass is 576 g/mol. The average Bonchev–Trinajstić information content (AvgIpc) is 3.68. The molecule has 222 valence electrons. The van der Waals surface area contributed by atoms with E-state index in [0.29, 0.717) is 42.5 Å². The normalized spacial score (nSPS) is 14.7. The zero-order valence-electron chi connectivity index (χ0n) is 23.5. The first-order chi connectivity index (χ1) is 19.0. The summed E-state index contributed by atoms with van der Waals surface area (Å²) in [5, 5.41) is 24.6. The number of rotatable bonds is 9. The fraction of sp³-hybridized carbons (Fsp3) is 0.483. The molecule has 1 aliphatic heterocycles. The van der Waals surface area contributed by atoms with Crippen LogP contribution in [0.25, 0.3) is 0 Å². The summed E-state index contributed by atoms with van der Waals surface area (Å²) in [4.78, 5) is 41.6. The molecule has 2 heterocycles. The summed E-state index contributed by atoms with van der Waals surface area (Å²) < 4.78 is 31.7. The highest BCUT2D eigenvalue weighted by molar-refractivity contribution is 6.04. The van der Waals surface area contributed by atoms with Crippen LogP contribution in [0, 0.1) is 5.41 Å². The first-order valence-corrected chi connectivity index (χ1v) is 13.2. The topological polar surface area (TPSA) is 135 Å². The second kappa shape index (κ2) is 12.3. The molecule has 1 fully saturated rings. The lowest BCUT2D eigenvalue weighted by Crippen LogP contribution is -2.31. The van der Waals surface area contributed by atoms with Gasteiger partial charge in [0, 0.05) is 55.0 Å². The van der Waals surface area contributed by atoms with Crippen LogP contribution in [0.1, 0.15) is 85.2 Å². The summed E-state index contributed by atoms with van der Waals surface area (Å²) in [6.07, 6.45) is -2.05. The Balaban J connectivity index is 0.000000587. The lowest BCUT2D eigenvalue weighted by Gasteiger charge is -2.29. The summed E-state index contributed by atoms with van der Waals surface area (Å²) in [5.41, 5.74) is 5.28. The Hall–Kier alpha value is -3.96. The molecular formula is C29H35F3N4O5. The second-order valence-corrected chi connectivity index (χ2v) is 11.3. The molecule has 0 radical (unpaired) electrons. The minimum Gasteiger partial charge on any atom is -0.481 e. The van der Waals surface area contributed by atoms with Crippen LogP contribution >= 0.6 is 0 Å². The molecule has 41 heavy (non-hydrogen) atoms. The number of halogens is 3. The number of hydrogen-bond donors (Lipinski definition) is 3. The Kier molecular flexibility index (Phi) is 9.45. The van der Waals surface area contributed by atoms with E-state index in [0.717, 1.165) is 22.5 Å². The first-order valence-electron chi connectivity index (χ1n) is 13.2. The fourth-order valence-corrected chi connectivity index (χ4v) is 4.51. The minimum atomic E-state index is -5.08. The molecule has 2 aliphatic rings. The van der Waals surface area contributed by atoms with Gasteiger partial charge in [-0.05, 0) is 54.5 Å². The van der Waals surface area contributed by atoms with Gasteiger partial charge >= 0.3 is 18.1 Å². The highest BCUT2D eigenvalue weighted by Gasteiger charge is 2.38. The number of ketones is 1. The number of amidine groups is 1. The van der Waals surface area contributed by atoms with Crippen molar-refractivity contribution in [2.45, 2.75) is 70.5 Å². The van der Waals surface area contributed by atoms with Crippen molar-refractivity contribution >= 4 is 29.2 Å². The van der Waals surface area contributed by atoms with Crippen LogP contribution in [-0.4, -0.2) is 70.0 Å². The fourth-order valence-electron chi connectivity index (χ4n) is 4.51. The Morgan fingerprint density at radius 3 is 2.27 bits per heavy atom. The van der Waals surface area contributed by atoms with Crippen molar-refractivity contribution in [2.24, 2.45) is 0 Å². The molecule has 0 bridgehead atoms. The molecule has 1 saturated carbocycles. The maximum absolute atomic E-state index is 13.3. The van der Waals surface area contributed by atoms with Gasteiger partial charge in [0.1, 0.15) is 11.5 Å². The van der Waals surface area contributed by atoms with Crippen LogP contribution in [-0.2, 0) is 21.5 Å². The molecule has 1 aromatic carbocycles. The lowest BCUT2D eigenvalue weighted by atomic mass is 9.84. The summed E-state index contributed by atoms with van der Waals surface area (Å²) in [6, 6.07) is 9.89. The summed E-state index contributed by atoms with van der Waals surface area (Å²) >= 11 is 0. The number of carboxylic acids is 2. The predicted molar refractivity (Wildman–Crippen MR) is 147 cm³/mol. The molecule has 3 N–H and O–H groups in total. The van der Waals surface area contributed by atoms with Gasteiger partial charge < -0.3 is 20.0 Å². The standard InChI is InChI=1S/C27H34N4O3.C2HF3O2/c1-27(2,3)20-14-18(10-12-22(20)30(4)13-5-6-24(33)34)23(32)16-31-15-19-9-11-21(17-7-8-17)29-25(19)26(31)28;3-2(4,5)1(6)7/h9-12,14,17,28H,5-8,13,15-16H2,1-4H3,(H,33,34);(H,6,7). The van der Waals surface area contributed by atoms with E-state index in [2.05, 4.69) is 37.8 Å². The predicted octanol–water partition coefficient (Wildman–Crippen LogP) is 5.21. The third-order valence-electron chi connectivity index (χ3n) is 6.90. The lowest BCUT2D eigenvalue weighted by molar-refractivity contribution is -0.192. The summed E-state index contributed by atoms with van der Waals surface area (Å²) in [5.74, 6) is -2.71. The number of carbonyl (C=O) groups is 3. The van der Waals surface area contributed by atoms with Crippen LogP contribution in [0.2, 0.25) is 0 Å². The van der Waals surface area contributed by atoms with E-state index in [4.69, 9.17) is 25.4 Å². The highest BCUT2D eigenvalue weighted by atomic mass is 19.4. The molecule has 0 atom stereocenters. The Morgan fingerprint density at radius 1 is 1.10 bits per heavy atom. The molecule has 12 heteroatoms. The molecule has 0 saturated heterocycles. The number of alkyl halides is 3. The zero-order chi connectivity index (χ0) is 30.7. The number of fused-ring (bicyclic) bond motifs is 1. The maximum atomic E-state index is 13.3. The maximum Gasteiger partial charge on any atom is 0.490 e. The molecule has 0 spiro atoms. The largest absolute Gasteiger partial charge is 0.490 e. The van der Waals surface area contributed by atoms with Gasteiger partial charge in [-0.1, -0.05) is 26.8 Å². The summed E-state index contributed by atoms with van der Waals surface area (Å²) in [6.45, 7) is 7.64. The van der Waals surface area contributed by atoms with Crippen molar-refractivity contribution in [1.82, 2.24) is 9.88 Å². The quantitative estimate of drug-likeness (QED) is 0.346. The molecular weight excluding hydrogens is 541 g/mol. The van der Waals surface area contributed by atoms with Crippen molar-refractivity contribution in [3.8, 4) is 0 Å². The smallest absolute Gasteiger partial charge is 0.481 e. The van der Waals surface area contributed by atoms with Crippen molar-refractivity contribution in [1.29, 1.82) is 5.41 Å². The van der Waals surface area contributed by atoms with Crippen LogP contribution < -0.4 is 4.90 Å². The number of carboxylic acid groups (broad SMARTS) is 2. The molecule has 2 aromatic rings. The first kappa shape index (κ1) is 31.6. The summed E-state index contributed by atoms with van der Waals surface area (Å²) in [7, 11) is 1.96. The van der Waals surface area contributed by atoms with Gasteiger partial charge in [0.05, 0.1) is 6.54 Å². The van der Waals surface area contributed by atoms with E-state index in [1.807, 2.05) is 25.2 Å². The Morgan fingerprint density at radius 2 is 1.73 bits per heavy atom. The van der Waals surface area contributed by atoms with Gasteiger partial charge in [0.15, 0.2) is 5.78 Å². The van der Waals surface area contributed by atoms with Crippen molar-refractivity contribution in [3.05, 3.63) is 58.4 Å². The van der Waals surface area contributed by atoms with E-state index < -0.39 is 18.1 Å². The molecule has 9 nitrogen and oxygen atoms in total. The molecule has 0 amide bonds. The van der Waals surface area contributed by atoms with Gasteiger partial charge in [0.25, 0.3) is 0 Å². The van der Waals surface area contributed by atoms with E-state index in [9.17, 15) is 22.8 Å². The van der Waals surface area contributed by atoms with Gasteiger partial charge in [-0.15, -0.1) is 0 Å². The van der Waals surface area contributed by atoms with E-state index in [1.54, 1.807) is 4.90 Å². The van der Waals surface area contributed by atoms with Crippen LogP contribution in [0.4, 0.5) is 18.9 Å². The number of anilines is 1. The van der Waals surface area contributed by atoms with Crippen molar-refractivity contribution in [2.75, 3.05) is 25.0 Å². The van der Waals surface area contributed by atoms with Crippen LogP contribution in [0.3, 0.4) is 0 Å². The number of benzene rings is 1. The van der Waals surface area contributed by atoms with E-state index >= 15 is 0 Å². The molecule has 1 aromatic heterocycles. The van der Waals surface area contributed by atoms with E-state index in [-0.39, 0.29) is 24.2 Å². The van der Waals surface area contributed by atoms with Crippen LogP contribution in [0.5, 0.6) is 0 Å². The number of carbonyl (C=O) groups excluding carboxylic acids is 1. The Labute approximate surface area is 236 Å². The molecule has 0 unspecified atom stereocenters.